The lowest BCUT2D eigenvalue weighted by molar-refractivity contribution is -0.129. The van der Waals surface area contributed by atoms with Crippen molar-refractivity contribution in [1.29, 1.82) is 0 Å². The van der Waals surface area contributed by atoms with Crippen LogP contribution in [0.25, 0.3) is 32.7 Å². The average Bonchev–Trinajstić information content (AvgIpc) is 1.51. The summed E-state index contributed by atoms with van der Waals surface area (Å²) in [5.41, 5.74) is 7.63. The first-order chi connectivity index (χ1) is 63.8. The number of aryl methyl sites for hydroxylation is 1. The molecule has 4 amide bonds. The van der Waals surface area contributed by atoms with Gasteiger partial charge in [-0.25, -0.2) is 27.9 Å². The number of hydrogen-bond acceptors (Lipinski definition) is 16. The fourth-order valence-electron chi connectivity index (χ4n) is 23.4. The molecule has 1 saturated carbocycles. The number of rotatable bonds is 19. The van der Waals surface area contributed by atoms with Gasteiger partial charge in [-0.05, 0) is 170 Å². The molecule has 132 heavy (non-hydrogen) atoms. The molecule has 3 spiro atoms. The molecular formula is C99H86Cl6F3N15O9. The number of Topliss-reactive ketones (excluding diaryl/α,β-unsaturated/α-hetero) is 1. The van der Waals surface area contributed by atoms with Gasteiger partial charge >= 0.3 is 5.97 Å². The number of carbonyl (C=O) groups excluding carboxylic acids is 5. The molecule has 3 saturated heterocycles. The number of carbonyl (C=O) groups is 6. The minimum absolute atomic E-state index is 0.00362. The maximum atomic E-state index is 16.5. The van der Waals surface area contributed by atoms with Crippen molar-refractivity contribution >= 4 is 155 Å². The highest BCUT2D eigenvalue weighted by Crippen LogP contribution is 2.68. The van der Waals surface area contributed by atoms with Crippen LogP contribution in [0.5, 0.6) is 5.75 Å². The maximum Gasteiger partial charge on any atom is 0.335 e. The van der Waals surface area contributed by atoms with Crippen molar-refractivity contribution in [3.63, 3.8) is 0 Å². The van der Waals surface area contributed by atoms with Gasteiger partial charge in [-0.1, -0.05) is 163 Å². The van der Waals surface area contributed by atoms with E-state index in [9.17, 15) is 33.9 Å². The van der Waals surface area contributed by atoms with E-state index in [1.807, 2.05) is 108 Å². The van der Waals surface area contributed by atoms with Crippen LogP contribution in [0.3, 0.4) is 0 Å². The number of carboxylic acid groups (broad SMARTS) is 1. The molecular weight excluding hydrogens is 1810 g/mol. The summed E-state index contributed by atoms with van der Waals surface area (Å²) in [5.74, 6) is -3.87. The number of nitrogens with one attached hydrogen (secondary N) is 4. The van der Waals surface area contributed by atoms with Crippen LogP contribution in [0.1, 0.15) is 181 Å². The van der Waals surface area contributed by atoms with Gasteiger partial charge < -0.3 is 35.8 Å². The number of likely N-dealkylation sites (tertiary alicyclic amines) is 3. The summed E-state index contributed by atoms with van der Waals surface area (Å²) in [6.45, 7) is 10.8. The van der Waals surface area contributed by atoms with Crippen molar-refractivity contribution in [2.45, 2.75) is 156 Å². The van der Waals surface area contributed by atoms with Crippen LogP contribution in [0.2, 0.25) is 30.4 Å². The number of amides is 4. The molecule has 3 unspecified atom stereocenters. The second-order valence-electron chi connectivity index (χ2n) is 35.6. The summed E-state index contributed by atoms with van der Waals surface area (Å²) in [7, 11) is 1.58. The average molecular weight is 1900 g/mol. The molecule has 4 fully saturated rings. The lowest BCUT2D eigenvalue weighted by atomic mass is 9.73. The number of carboxylic acids is 1. The lowest BCUT2D eigenvalue weighted by Crippen LogP contribution is -2.53. The molecule has 10 aliphatic rings. The number of likely N-dealkylation sites (N-methyl/N-ethyl adjacent to an activating group) is 1. The number of fused-ring (bicyclic) bond motifs is 21. The number of methoxy groups -OCH3 is 1. The Morgan fingerprint density at radius 2 is 1.04 bits per heavy atom. The molecule has 24 nitrogen and oxygen atoms in total. The summed E-state index contributed by atoms with van der Waals surface area (Å²) < 4.78 is 65.3. The van der Waals surface area contributed by atoms with E-state index in [-0.39, 0.29) is 84.5 Å². The minimum Gasteiger partial charge on any atom is -0.494 e. The van der Waals surface area contributed by atoms with Gasteiger partial charge in [-0.2, -0.15) is 15.3 Å². The smallest absolute Gasteiger partial charge is 0.335 e. The van der Waals surface area contributed by atoms with Crippen molar-refractivity contribution in [3.8, 4) is 5.75 Å². The molecule has 33 heteroatoms. The number of anilines is 3. The molecule has 674 valence electrons. The number of halogens is 9. The Morgan fingerprint density at radius 3 is 1.57 bits per heavy atom. The lowest BCUT2D eigenvalue weighted by Gasteiger charge is -2.40. The zero-order valence-corrected chi connectivity index (χ0v) is 76.4. The van der Waals surface area contributed by atoms with E-state index < -0.39 is 69.9 Å². The van der Waals surface area contributed by atoms with Crippen LogP contribution >= 0.6 is 69.6 Å². The third-order valence-corrected chi connectivity index (χ3v) is 30.3. The molecule has 12 atom stereocenters. The number of aromatic nitrogens is 8. The molecule has 5 aromatic heterocycles. The van der Waals surface area contributed by atoms with Gasteiger partial charge in [-0.15, -0.1) is 0 Å². The van der Waals surface area contributed by atoms with Crippen LogP contribution in [0, 0.1) is 30.3 Å². The zero-order chi connectivity index (χ0) is 91.7. The van der Waals surface area contributed by atoms with Crippen molar-refractivity contribution in [1.82, 2.24) is 59.3 Å². The number of hydrogen-bond donors (Lipinski definition) is 5. The first-order valence-electron chi connectivity index (χ1n) is 44.3. The summed E-state index contributed by atoms with van der Waals surface area (Å²) in [6.07, 6.45) is 6.14. The summed E-state index contributed by atoms with van der Waals surface area (Å²) in [5, 5.41) is 40.2. The highest BCUT2D eigenvalue weighted by molar-refractivity contribution is 6.32. The first kappa shape index (κ1) is 87.3. The molecule has 9 aliphatic heterocycles. The van der Waals surface area contributed by atoms with Crippen molar-refractivity contribution in [2.75, 3.05) is 55.9 Å². The standard InChI is InChI=1S/C39H36Cl2FN5O4.C31H28Cl2FN5O2.C29H22Cl2FN5O3/c1-4-51-24-8-5-7-22(16-24)20-46-33-19-32-27-15-21(2)26(37(48)43-13-14-50-3)18-30(27)45-47(32)36(33)34(25-9-6-10-29(41)35(25)42)39(46)28-12-11-23(40)17-31(28)44-38(39)49;1-3-5-9-24(40)16-10-11-17-21(14-16)37-39-22(17)15-23-28(39)26(18-7-6-8-20(32)27(18)34)31(38(23)4-2)19-12-13-25(33)35-29(19)36-30(31)41;30-18-3-1-2-16(24(18)32)23-25-21(11-20-15-7-6-14(27(38)39)10-19(15)35-37(20)25)36(12-13-4-5-13)29(23)17-8-9-22(31)33-26(17)34-28(29)40/h5-12,15-18,33-34,36H,4,13-14,19-20H2,1-3H3,(H,43,48)(H,44,49);6-8,10-14,23,26,28H,3-5,9,15H2,1-2H3,(H,35,36,41);1-3,6-10,13,21,23,25H,4-5,11-12H2,(H,38,39)(H,33,34,40)/t33-,34-,36?,39+;23-,26-,28?,31+;21-,23-,25?,29+/m000/s1. The van der Waals surface area contributed by atoms with Crippen molar-refractivity contribution in [3.05, 3.63) is 296 Å². The quantitative estimate of drug-likeness (QED) is 0.0286. The van der Waals surface area contributed by atoms with E-state index >= 15 is 13.2 Å². The van der Waals surface area contributed by atoms with Gasteiger partial charge in [0.2, 0.25) is 5.91 Å². The topological polar surface area (TPSA) is 278 Å². The fraction of sp³-hybridized carbons (Fsp3) is 0.323. The number of benzene rings is 8. The Morgan fingerprint density at radius 1 is 0.545 bits per heavy atom. The molecule has 13 aromatic rings. The van der Waals surface area contributed by atoms with E-state index in [0.29, 0.717) is 149 Å². The number of ketones is 1. The highest BCUT2D eigenvalue weighted by Gasteiger charge is 2.73. The number of nitrogens with zero attached hydrogens (tertiary/aromatic N) is 11. The predicted octanol–water partition coefficient (Wildman–Crippen LogP) is 19.3. The van der Waals surface area contributed by atoms with E-state index in [1.165, 1.54) is 18.2 Å². The van der Waals surface area contributed by atoms with Crippen molar-refractivity contribution in [2.24, 2.45) is 5.92 Å². The monoisotopic (exact) mass is 1900 g/mol. The predicted molar refractivity (Wildman–Crippen MR) is 497 cm³/mol. The number of ether oxygens (including phenoxy) is 2. The molecule has 1 aliphatic carbocycles. The van der Waals surface area contributed by atoms with E-state index in [2.05, 4.69) is 52.9 Å². The van der Waals surface area contributed by atoms with Gasteiger partial charge in [0.25, 0.3) is 17.7 Å². The molecule has 14 heterocycles. The second kappa shape index (κ2) is 33.4. The summed E-state index contributed by atoms with van der Waals surface area (Å²) in [4.78, 5) is 96.4. The van der Waals surface area contributed by atoms with Crippen LogP contribution in [-0.2, 0) is 61.5 Å². The van der Waals surface area contributed by atoms with Gasteiger partial charge in [0.15, 0.2) is 5.78 Å². The molecule has 0 bridgehead atoms. The summed E-state index contributed by atoms with van der Waals surface area (Å²) >= 11 is 38.1. The SMILES string of the molecule is CCCCC(=O)c1ccc2c3n(nc2c1)C1[C@H](C3)N(CC)[C@@]2(C(=O)Nc3nc(Cl)ccc32)[C@H]1c1cccc(Cl)c1F.CCOc1cccc(CN2[C@H]3Cc4c5cc(C)c(C(=O)NCCOC)cc5nn4C3[C@H](c3cccc(Cl)c3F)[C@]23C(=O)Nc2cc(Cl)ccc23)c1.O=C(O)c1ccc2c3n(nc2c1)C1[C@H](C3)N(CC2CC2)[C@@]2(C(=O)Nc3nc(Cl)ccc32)[C@H]1c1cccc(Cl)c1F. The Balaban J connectivity index is 0.000000120. The van der Waals surface area contributed by atoms with Gasteiger partial charge in [0.05, 0.1) is 68.5 Å². The van der Waals surface area contributed by atoms with Crippen LogP contribution < -0.4 is 26.0 Å². The number of unbranched alkanes of at least 4 members (excludes halogenated alkanes) is 1. The molecule has 0 radical (unpaired) electrons. The third kappa shape index (κ3) is 13.4. The molecule has 8 aromatic carbocycles. The third-order valence-electron chi connectivity index (χ3n) is 28.8. The van der Waals surface area contributed by atoms with Gasteiger partial charge in [0.1, 0.15) is 61.8 Å². The Kier molecular flexibility index (Phi) is 22.1. The van der Waals surface area contributed by atoms with Crippen LogP contribution in [0.4, 0.5) is 30.5 Å². The van der Waals surface area contributed by atoms with Crippen molar-refractivity contribution < 1.29 is 56.5 Å². The Bertz CT molecular complexity index is 7070. The van der Waals surface area contributed by atoms with E-state index in [4.69, 9.17) is 94.4 Å². The second-order valence-corrected chi connectivity index (χ2v) is 38.0. The number of pyridine rings is 2. The fourth-order valence-corrected chi connectivity index (χ4v) is 24.5. The largest absolute Gasteiger partial charge is 0.494 e. The maximum absolute atomic E-state index is 16.5. The van der Waals surface area contributed by atoms with Gasteiger partial charge in [-0.3, -0.25) is 52.7 Å². The van der Waals surface area contributed by atoms with E-state index in [0.717, 1.165) is 81.3 Å². The normalized spacial score (nSPS) is 24.2. The van der Waals surface area contributed by atoms with Crippen LogP contribution in [0.15, 0.2) is 170 Å². The Labute approximate surface area is 785 Å². The van der Waals surface area contributed by atoms with Gasteiger partial charge in [0, 0.05) is 160 Å². The minimum atomic E-state index is -1.36. The van der Waals surface area contributed by atoms with E-state index in [1.54, 1.807) is 86.0 Å². The Hall–Kier alpha value is -11.3. The highest BCUT2D eigenvalue weighted by atomic mass is 35.5. The summed E-state index contributed by atoms with van der Waals surface area (Å²) in [6, 6.07) is 47.6. The molecule has 23 rings (SSSR count). The molecule has 5 N–H and O–H groups in total. The number of aromatic carboxylic acids is 1. The van der Waals surface area contributed by atoms with Crippen LogP contribution in [-0.4, -0.2) is 153 Å². The zero-order valence-electron chi connectivity index (χ0n) is 71.9. The first-order valence-corrected chi connectivity index (χ1v) is 46.5.